The van der Waals surface area contributed by atoms with Crippen molar-refractivity contribution in [2.24, 2.45) is 0 Å². The zero-order valence-corrected chi connectivity index (χ0v) is 12.5. The number of hydrogen-bond acceptors (Lipinski definition) is 3. The molecule has 0 aliphatic carbocycles. The van der Waals surface area contributed by atoms with E-state index in [9.17, 15) is 0 Å². The summed E-state index contributed by atoms with van der Waals surface area (Å²) in [4.78, 5) is 2.38. The van der Waals surface area contributed by atoms with Gasteiger partial charge in [0.05, 0.1) is 0 Å². The highest BCUT2D eigenvalue weighted by atomic mass is 16.5. The highest BCUT2D eigenvalue weighted by Gasteiger charge is 2.16. The molecule has 1 aliphatic rings. The van der Waals surface area contributed by atoms with Gasteiger partial charge in [0.1, 0.15) is 11.5 Å². The van der Waals surface area contributed by atoms with Crippen molar-refractivity contribution in [3.8, 4) is 11.5 Å². The Morgan fingerprint density at radius 1 is 1.00 bits per heavy atom. The molecule has 110 valence electrons. The average molecular weight is 282 g/mol. The monoisotopic (exact) mass is 282 g/mol. The van der Waals surface area contributed by atoms with Crippen molar-refractivity contribution in [3.05, 3.63) is 54.6 Å². The van der Waals surface area contributed by atoms with Gasteiger partial charge in [-0.3, -0.25) is 0 Å². The molecule has 1 unspecified atom stereocenters. The Morgan fingerprint density at radius 2 is 1.71 bits per heavy atom. The average Bonchev–Trinajstić information content (AvgIpc) is 2.50. The molecule has 1 atom stereocenters. The minimum atomic E-state index is 0.546. The highest BCUT2D eigenvalue weighted by molar-refractivity contribution is 5.48. The lowest BCUT2D eigenvalue weighted by molar-refractivity contribution is 0.261. The van der Waals surface area contributed by atoms with Gasteiger partial charge in [0.2, 0.25) is 0 Å². The van der Waals surface area contributed by atoms with Gasteiger partial charge in [-0.25, -0.2) is 0 Å². The zero-order chi connectivity index (χ0) is 14.5. The van der Waals surface area contributed by atoms with Crippen LogP contribution >= 0.6 is 0 Å². The normalized spacial score (nSPS) is 19.2. The van der Waals surface area contributed by atoms with Gasteiger partial charge in [0.15, 0.2) is 0 Å². The topological polar surface area (TPSA) is 24.5 Å². The quantitative estimate of drug-likeness (QED) is 0.918. The largest absolute Gasteiger partial charge is 0.457 e. The van der Waals surface area contributed by atoms with Gasteiger partial charge >= 0.3 is 0 Å². The van der Waals surface area contributed by atoms with Crippen LogP contribution in [0.4, 0.5) is 5.69 Å². The van der Waals surface area contributed by atoms with Crippen LogP contribution in [0.3, 0.4) is 0 Å². The standard InChI is InChI=1S/C18H22N2O/c1-20-13-5-6-16(14-20)19-15-9-11-18(12-10-15)21-17-7-3-2-4-8-17/h2-4,7-12,16,19H,5-6,13-14H2,1H3. The van der Waals surface area contributed by atoms with Gasteiger partial charge in [-0.1, -0.05) is 18.2 Å². The van der Waals surface area contributed by atoms with Crippen molar-refractivity contribution in [2.45, 2.75) is 18.9 Å². The lowest BCUT2D eigenvalue weighted by Crippen LogP contribution is -2.39. The third-order valence-electron chi connectivity index (χ3n) is 3.83. The molecule has 0 bridgehead atoms. The summed E-state index contributed by atoms with van der Waals surface area (Å²) in [6, 6.07) is 18.6. The molecule has 1 heterocycles. The van der Waals surface area contributed by atoms with Crippen molar-refractivity contribution in [1.29, 1.82) is 0 Å². The first-order valence-electron chi connectivity index (χ1n) is 7.58. The molecule has 0 aromatic heterocycles. The molecule has 1 fully saturated rings. The summed E-state index contributed by atoms with van der Waals surface area (Å²) in [6.07, 6.45) is 2.51. The fourth-order valence-corrected chi connectivity index (χ4v) is 2.76. The minimum Gasteiger partial charge on any atom is -0.457 e. The summed E-state index contributed by atoms with van der Waals surface area (Å²) >= 11 is 0. The van der Waals surface area contributed by atoms with Crippen LogP contribution in [0, 0.1) is 0 Å². The van der Waals surface area contributed by atoms with E-state index < -0.39 is 0 Å². The number of likely N-dealkylation sites (N-methyl/N-ethyl adjacent to an activating group) is 1. The molecule has 3 rings (SSSR count). The van der Waals surface area contributed by atoms with Gasteiger partial charge < -0.3 is 15.0 Å². The second kappa shape index (κ2) is 6.64. The number of piperidine rings is 1. The number of anilines is 1. The molecule has 1 saturated heterocycles. The van der Waals surface area contributed by atoms with Gasteiger partial charge in [-0.05, 0) is 62.8 Å². The number of likely N-dealkylation sites (tertiary alicyclic amines) is 1. The maximum absolute atomic E-state index is 5.80. The maximum Gasteiger partial charge on any atom is 0.127 e. The number of benzene rings is 2. The molecular formula is C18H22N2O. The van der Waals surface area contributed by atoms with E-state index in [1.165, 1.54) is 19.4 Å². The summed E-state index contributed by atoms with van der Waals surface area (Å²) in [6.45, 7) is 2.32. The zero-order valence-electron chi connectivity index (χ0n) is 12.5. The van der Waals surface area contributed by atoms with Crippen LogP contribution < -0.4 is 10.1 Å². The van der Waals surface area contributed by atoms with E-state index >= 15 is 0 Å². The Bertz CT molecular complexity index is 553. The molecule has 2 aromatic carbocycles. The van der Waals surface area contributed by atoms with Crippen molar-refractivity contribution in [2.75, 3.05) is 25.5 Å². The number of para-hydroxylation sites is 1. The van der Waals surface area contributed by atoms with E-state index in [0.29, 0.717) is 6.04 Å². The first kappa shape index (κ1) is 14.0. The molecule has 0 radical (unpaired) electrons. The minimum absolute atomic E-state index is 0.546. The molecule has 0 saturated carbocycles. The Morgan fingerprint density at radius 3 is 2.43 bits per heavy atom. The lowest BCUT2D eigenvalue weighted by atomic mass is 10.1. The van der Waals surface area contributed by atoms with Crippen LogP contribution in [0.25, 0.3) is 0 Å². The third-order valence-corrected chi connectivity index (χ3v) is 3.83. The van der Waals surface area contributed by atoms with Crippen LogP contribution in [0.1, 0.15) is 12.8 Å². The molecule has 0 amide bonds. The first-order valence-corrected chi connectivity index (χ1v) is 7.58. The van der Waals surface area contributed by atoms with Gasteiger partial charge in [-0.15, -0.1) is 0 Å². The number of ether oxygens (including phenoxy) is 1. The van der Waals surface area contributed by atoms with E-state index in [0.717, 1.165) is 23.7 Å². The highest BCUT2D eigenvalue weighted by Crippen LogP contribution is 2.23. The second-order valence-corrected chi connectivity index (χ2v) is 5.69. The Balaban J connectivity index is 1.59. The molecule has 1 aliphatic heterocycles. The second-order valence-electron chi connectivity index (χ2n) is 5.69. The van der Waals surface area contributed by atoms with Crippen LogP contribution in [0.2, 0.25) is 0 Å². The van der Waals surface area contributed by atoms with Crippen molar-refractivity contribution in [1.82, 2.24) is 4.90 Å². The molecule has 1 N–H and O–H groups in total. The predicted octanol–water partition coefficient (Wildman–Crippen LogP) is 3.99. The summed E-state index contributed by atoms with van der Waals surface area (Å²) in [7, 11) is 2.19. The lowest BCUT2D eigenvalue weighted by Gasteiger charge is -2.30. The summed E-state index contributed by atoms with van der Waals surface area (Å²) in [5, 5.41) is 3.61. The molecule has 21 heavy (non-hydrogen) atoms. The van der Waals surface area contributed by atoms with Gasteiger partial charge in [0.25, 0.3) is 0 Å². The van der Waals surface area contributed by atoms with Crippen molar-refractivity contribution < 1.29 is 4.74 Å². The summed E-state index contributed by atoms with van der Waals surface area (Å²) in [5.74, 6) is 1.74. The Hall–Kier alpha value is -2.00. The number of rotatable bonds is 4. The third kappa shape index (κ3) is 3.99. The van der Waals surface area contributed by atoms with Crippen molar-refractivity contribution in [3.63, 3.8) is 0 Å². The molecule has 0 spiro atoms. The van der Waals surface area contributed by atoms with Gasteiger partial charge in [-0.2, -0.15) is 0 Å². The fraction of sp³-hybridized carbons (Fsp3) is 0.333. The predicted molar refractivity (Wildman–Crippen MR) is 87.1 cm³/mol. The van der Waals surface area contributed by atoms with E-state index in [-0.39, 0.29) is 0 Å². The molecule has 2 aromatic rings. The smallest absolute Gasteiger partial charge is 0.127 e. The van der Waals surface area contributed by atoms with E-state index in [4.69, 9.17) is 4.74 Å². The number of nitrogens with one attached hydrogen (secondary N) is 1. The molecular weight excluding hydrogens is 260 g/mol. The van der Waals surface area contributed by atoms with Crippen LogP contribution in [-0.2, 0) is 0 Å². The Labute approximate surface area is 126 Å². The van der Waals surface area contributed by atoms with Gasteiger partial charge in [0, 0.05) is 18.3 Å². The maximum atomic E-state index is 5.80. The number of hydrogen-bond donors (Lipinski definition) is 1. The number of nitrogens with zero attached hydrogens (tertiary/aromatic N) is 1. The summed E-state index contributed by atoms with van der Waals surface area (Å²) < 4.78 is 5.80. The SMILES string of the molecule is CN1CCCC(Nc2ccc(Oc3ccccc3)cc2)C1. The summed E-state index contributed by atoms with van der Waals surface area (Å²) in [5.41, 5.74) is 1.16. The van der Waals surface area contributed by atoms with E-state index in [2.05, 4.69) is 29.4 Å². The van der Waals surface area contributed by atoms with E-state index in [1.54, 1.807) is 0 Å². The first-order chi connectivity index (χ1) is 10.3. The molecule has 3 heteroatoms. The Kier molecular flexibility index (Phi) is 4.41. The fourth-order valence-electron chi connectivity index (χ4n) is 2.76. The van der Waals surface area contributed by atoms with Crippen LogP contribution in [0.15, 0.2) is 54.6 Å². The van der Waals surface area contributed by atoms with Crippen molar-refractivity contribution >= 4 is 5.69 Å². The van der Waals surface area contributed by atoms with Crippen LogP contribution in [0.5, 0.6) is 11.5 Å². The molecule has 3 nitrogen and oxygen atoms in total. The van der Waals surface area contributed by atoms with E-state index in [1.807, 2.05) is 42.5 Å². The van der Waals surface area contributed by atoms with Crippen LogP contribution in [-0.4, -0.2) is 31.1 Å².